The molecule has 1 aliphatic heterocycles. The van der Waals surface area contributed by atoms with Gasteiger partial charge in [0.05, 0.1) is 7.11 Å². The number of hydrogen-bond donors (Lipinski definition) is 1. The highest BCUT2D eigenvalue weighted by atomic mass is 19.1. The van der Waals surface area contributed by atoms with Gasteiger partial charge in [0.25, 0.3) is 0 Å². The predicted molar refractivity (Wildman–Crippen MR) is 110 cm³/mol. The van der Waals surface area contributed by atoms with E-state index < -0.39 is 0 Å². The van der Waals surface area contributed by atoms with E-state index in [0.29, 0.717) is 5.75 Å². The van der Waals surface area contributed by atoms with Crippen LogP contribution in [0.25, 0.3) is 11.1 Å². The van der Waals surface area contributed by atoms with Crippen LogP contribution < -0.4 is 10.1 Å². The Kier molecular flexibility index (Phi) is 6.04. The van der Waals surface area contributed by atoms with Gasteiger partial charge in [-0.2, -0.15) is 0 Å². The molecule has 1 saturated heterocycles. The Morgan fingerprint density at radius 2 is 1.93 bits per heavy atom. The highest BCUT2D eigenvalue weighted by molar-refractivity contribution is 5.81. The van der Waals surface area contributed by atoms with E-state index in [2.05, 4.69) is 22.3 Å². The molecule has 2 aromatic rings. The van der Waals surface area contributed by atoms with Crippen molar-refractivity contribution in [1.29, 1.82) is 0 Å². The molecule has 0 spiro atoms. The van der Waals surface area contributed by atoms with Gasteiger partial charge in [0, 0.05) is 36.7 Å². The Morgan fingerprint density at radius 1 is 1.21 bits per heavy atom. The molecule has 28 heavy (non-hydrogen) atoms. The van der Waals surface area contributed by atoms with Crippen LogP contribution in [-0.4, -0.2) is 37.0 Å². The maximum atomic E-state index is 13.6. The van der Waals surface area contributed by atoms with Crippen molar-refractivity contribution in [2.24, 2.45) is 5.41 Å². The quantitative estimate of drug-likeness (QED) is 0.838. The van der Waals surface area contributed by atoms with Crippen LogP contribution in [0.15, 0.2) is 42.5 Å². The summed E-state index contributed by atoms with van der Waals surface area (Å²) in [6.07, 6.45) is 0.973. The molecular weight excluding hydrogens is 355 g/mol. The van der Waals surface area contributed by atoms with Crippen molar-refractivity contribution < 1.29 is 13.9 Å². The molecule has 0 aromatic heterocycles. The largest absolute Gasteiger partial charge is 0.496 e. The van der Waals surface area contributed by atoms with E-state index in [1.807, 2.05) is 32.9 Å². The third-order valence-corrected chi connectivity index (χ3v) is 5.12. The smallest absolute Gasteiger partial charge is 0.225 e. The molecule has 5 heteroatoms. The Labute approximate surface area is 166 Å². The lowest BCUT2D eigenvalue weighted by Crippen LogP contribution is -2.42. The lowest BCUT2D eigenvalue weighted by molar-refractivity contribution is -0.129. The number of methoxy groups -OCH3 is 1. The molecule has 0 saturated carbocycles. The summed E-state index contributed by atoms with van der Waals surface area (Å²) in [6, 6.07) is 12.9. The average Bonchev–Trinajstić information content (AvgIpc) is 3.08. The minimum atomic E-state index is -0.360. The third kappa shape index (κ3) is 4.90. The van der Waals surface area contributed by atoms with E-state index in [4.69, 9.17) is 4.74 Å². The van der Waals surface area contributed by atoms with Crippen LogP contribution in [0.3, 0.4) is 0 Å². The normalized spacial score (nSPS) is 17.5. The number of benzene rings is 2. The summed E-state index contributed by atoms with van der Waals surface area (Å²) < 4.78 is 19.0. The second-order valence-electron chi connectivity index (χ2n) is 8.49. The maximum Gasteiger partial charge on any atom is 0.225 e. The summed E-state index contributed by atoms with van der Waals surface area (Å²) in [4.78, 5) is 14.5. The molecule has 3 rings (SSSR count). The molecule has 1 amide bonds. The van der Waals surface area contributed by atoms with Crippen LogP contribution in [0, 0.1) is 11.2 Å². The van der Waals surface area contributed by atoms with Gasteiger partial charge in [-0.3, -0.25) is 9.69 Å². The van der Waals surface area contributed by atoms with Gasteiger partial charge in [0.15, 0.2) is 0 Å². The van der Waals surface area contributed by atoms with Crippen LogP contribution in [0.5, 0.6) is 5.75 Å². The average molecular weight is 384 g/mol. The van der Waals surface area contributed by atoms with Crippen LogP contribution in [0.1, 0.15) is 32.8 Å². The summed E-state index contributed by atoms with van der Waals surface area (Å²) in [7, 11) is 1.59. The number of ether oxygens (including phenoxy) is 1. The molecule has 4 nitrogen and oxygen atoms in total. The molecule has 0 bridgehead atoms. The van der Waals surface area contributed by atoms with Gasteiger partial charge in [0.1, 0.15) is 11.6 Å². The van der Waals surface area contributed by atoms with Crippen LogP contribution in [-0.2, 0) is 11.3 Å². The lowest BCUT2D eigenvalue weighted by atomic mass is 9.95. The topological polar surface area (TPSA) is 41.6 Å². The van der Waals surface area contributed by atoms with E-state index in [1.54, 1.807) is 13.2 Å². The first-order valence-electron chi connectivity index (χ1n) is 9.72. The number of rotatable bonds is 5. The molecule has 0 aliphatic carbocycles. The molecule has 2 aromatic carbocycles. The number of hydrogen-bond acceptors (Lipinski definition) is 3. The minimum Gasteiger partial charge on any atom is -0.496 e. The Bertz CT molecular complexity index is 827. The first-order valence-corrected chi connectivity index (χ1v) is 9.72. The van der Waals surface area contributed by atoms with E-state index >= 15 is 0 Å². The first kappa shape index (κ1) is 20.3. The fourth-order valence-electron chi connectivity index (χ4n) is 3.45. The van der Waals surface area contributed by atoms with Gasteiger partial charge in [-0.1, -0.05) is 45.0 Å². The lowest BCUT2D eigenvalue weighted by Gasteiger charge is -2.22. The maximum absolute atomic E-state index is 13.6. The van der Waals surface area contributed by atoms with Crippen molar-refractivity contribution >= 4 is 5.91 Å². The van der Waals surface area contributed by atoms with E-state index in [0.717, 1.165) is 37.2 Å². The number of amides is 1. The zero-order chi connectivity index (χ0) is 20.3. The standard InChI is InChI=1S/C23H29FN2O2/c1-23(2,3)22(27)25-19-11-12-26(15-19)14-16-5-7-17(8-6-16)20-13-18(24)9-10-21(20)28-4/h5-10,13,19H,11-12,14-15H2,1-4H3,(H,25,27). The number of nitrogens with one attached hydrogen (secondary N) is 1. The highest BCUT2D eigenvalue weighted by Gasteiger charge is 2.28. The zero-order valence-electron chi connectivity index (χ0n) is 17.1. The van der Waals surface area contributed by atoms with Crippen LogP contribution in [0.4, 0.5) is 4.39 Å². The monoisotopic (exact) mass is 384 g/mol. The van der Waals surface area contributed by atoms with Crippen molar-refractivity contribution in [3.05, 3.63) is 53.8 Å². The summed E-state index contributed by atoms with van der Waals surface area (Å²) in [6.45, 7) is 8.47. The van der Waals surface area contributed by atoms with Gasteiger partial charge >= 0.3 is 0 Å². The highest BCUT2D eigenvalue weighted by Crippen LogP contribution is 2.31. The molecule has 150 valence electrons. The summed E-state index contributed by atoms with van der Waals surface area (Å²) in [5, 5.41) is 3.15. The molecular formula is C23H29FN2O2. The van der Waals surface area contributed by atoms with Gasteiger partial charge < -0.3 is 10.1 Å². The van der Waals surface area contributed by atoms with Crippen molar-refractivity contribution in [1.82, 2.24) is 10.2 Å². The third-order valence-electron chi connectivity index (χ3n) is 5.12. The Hall–Kier alpha value is -2.40. The molecule has 0 radical (unpaired) electrons. The fourth-order valence-corrected chi connectivity index (χ4v) is 3.45. The van der Waals surface area contributed by atoms with Crippen molar-refractivity contribution in [2.45, 2.75) is 39.8 Å². The number of likely N-dealkylation sites (tertiary alicyclic amines) is 1. The first-order chi connectivity index (χ1) is 13.3. The molecule has 1 atom stereocenters. The van der Waals surface area contributed by atoms with Gasteiger partial charge in [0.2, 0.25) is 5.91 Å². The second kappa shape index (κ2) is 8.31. The number of halogens is 1. The fraction of sp³-hybridized carbons (Fsp3) is 0.435. The molecule has 1 N–H and O–H groups in total. The van der Waals surface area contributed by atoms with Crippen molar-refractivity contribution in [3.8, 4) is 16.9 Å². The SMILES string of the molecule is COc1ccc(F)cc1-c1ccc(CN2CCC(NC(=O)C(C)(C)C)C2)cc1. The van der Waals surface area contributed by atoms with Crippen molar-refractivity contribution in [2.75, 3.05) is 20.2 Å². The minimum absolute atomic E-state index is 0.104. The van der Waals surface area contributed by atoms with Gasteiger partial charge in [-0.05, 0) is 35.7 Å². The molecule has 1 unspecified atom stereocenters. The van der Waals surface area contributed by atoms with E-state index in [9.17, 15) is 9.18 Å². The Balaban J connectivity index is 1.61. The van der Waals surface area contributed by atoms with Crippen molar-refractivity contribution in [3.63, 3.8) is 0 Å². The number of carbonyl (C=O) groups excluding carboxylic acids is 1. The van der Waals surface area contributed by atoms with Crippen LogP contribution in [0.2, 0.25) is 0 Å². The Morgan fingerprint density at radius 3 is 2.57 bits per heavy atom. The zero-order valence-corrected chi connectivity index (χ0v) is 17.1. The number of carbonyl (C=O) groups is 1. The number of nitrogens with zero attached hydrogens (tertiary/aromatic N) is 1. The molecule has 1 fully saturated rings. The molecule has 1 heterocycles. The van der Waals surface area contributed by atoms with E-state index in [-0.39, 0.29) is 23.2 Å². The molecule has 1 aliphatic rings. The summed E-state index contributed by atoms with van der Waals surface area (Å²) in [5.41, 5.74) is 2.51. The van der Waals surface area contributed by atoms with Gasteiger partial charge in [-0.25, -0.2) is 4.39 Å². The van der Waals surface area contributed by atoms with Gasteiger partial charge in [-0.15, -0.1) is 0 Å². The van der Waals surface area contributed by atoms with Crippen LogP contribution >= 0.6 is 0 Å². The predicted octanol–water partition coefficient (Wildman–Crippen LogP) is 4.24. The summed E-state index contributed by atoms with van der Waals surface area (Å²) >= 11 is 0. The summed E-state index contributed by atoms with van der Waals surface area (Å²) in [5.74, 6) is 0.485. The van der Waals surface area contributed by atoms with E-state index in [1.165, 1.54) is 17.7 Å². The second-order valence-corrected chi connectivity index (χ2v) is 8.49.